The Morgan fingerprint density at radius 2 is 2.06 bits per heavy atom. The van der Waals surface area contributed by atoms with E-state index < -0.39 is 5.67 Å². The standard InChI is InChI=1S/C12H12ClFN2O/c1-12(2,14)7-3-4-8(9(13)5-7)10-6-11(15)16-17-10/h3-6H,1-2H3,(H2,15,16). The summed E-state index contributed by atoms with van der Waals surface area (Å²) in [5.74, 6) is 0.752. The number of alkyl halides is 1. The Morgan fingerprint density at radius 3 is 2.53 bits per heavy atom. The molecule has 0 atom stereocenters. The molecule has 0 fully saturated rings. The molecule has 0 saturated carbocycles. The van der Waals surface area contributed by atoms with Gasteiger partial charge in [0.15, 0.2) is 11.6 Å². The maximum atomic E-state index is 13.7. The van der Waals surface area contributed by atoms with Crippen LogP contribution in [-0.2, 0) is 5.67 Å². The van der Waals surface area contributed by atoms with E-state index in [1.807, 2.05) is 0 Å². The first kappa shape index (κ1) is 11.9. The van der Waals surface area contributed by atoms with Gasteiger partial charge in [-0.2, -0.15) is 0 Å². The second kappa shape index (κ2) is 4.04. The lowest BCUT2D eigenvalue weighted by Gasteiger charge is -2.15. The fraction of sp³-hybridized carbons (Fsp3) is 0.250. The predicted octanol–water partition coefficient (Wildman–Crippen LogP) is 3.78. The molecule has 0 amide bonds. The summed E-state index contributed by atoms with van der Waals surface area (Å²) in [6, 6.07) is 6.51. The Kier molecular flexibility index (Phi) is 2.83. The minimum atomic E-state index is -1.43. The fourth-order valence-corrected chi connectivity index (χ4v) is 1.77. The van der Waals surface area contributed by atoms with Gasteiger partial charge in [-0.1, -0.05) is 22.8 Å². The van der Waals surface area contributed by atoms with Gasteiger partial charge in [0.05, 0.1) is 5.02 Å². The van der Waals surface area contributed by atoms with E-state index in [1.165, 1.54) is 13.8 Å². The van der Waals surface area contributed by atoms with E-state index in [-0.39, 0.29) is 5.82 Å². The van der Waals surface area contributed by atoms with Crippen molar-refractivity contribution in [3.8, 4) is 11.3 Å². The molecule has 0 bridgehead atoms. The van der Waals surface area contributed by atoms with Crippen LogP contribution in [0.25, 0.3) is 11.3 Å². The van der Waals surface area contributed by atoms with Crippen LogP contribution in [0.5, 0.6) is 0 Å². The monoisotopic (exact) mass is 254 g/mol. The van der Waals surface area contributed by atoms with Gasteiger partial charge >= 0.3 is 0 Å². The Labute approximate surface area is 103 Å². The highest BCUT2D eigenvalue weighted by Crippen LogP contribution is 2.33. The lowest BCUT2D eigenvalue weighted by Crippen LogP contribution is -2.08. The number of halogens is 2. The van der Waals surface area contributed by atoms with Crippen molar-refractivity contribution in [2.24, 2.45) is 0 Å². The zero-order valence-electron chi connectivity index (χ0n) is 9.50. The molecule has 17 heavy (non-hydrogen) atoms. The van der Waals surface area contributed by atoms with E-state index in [2.05, 4.69) is 5.16 Å². The predicted molar refractivity (Wildman–Crippen MR) is 65.5 cm³/mol. The normalized spacial score (nSPS) is 11.8. The number of rotatable bonds is 2. The van der Waals surface area contributed by atoms with Crippen LogP contribution >= 0.6 is 11.6 Å². The molecular weight excluding hydrogens is 243 g/mol. The molecule has 2 aromatic rings. The number of nitrogens with zero attached hydrogens (tertiary/aromatic N) is 1. The van der Waals surface area contributed by atoms with Crippen molar-refractivity contribution in [2.45, 2.75) is 19.5 Å². The third-order valence-corrected chi connectivity index (χ3v) is 2.76. The summed E-state index contributed by atoms with van der Waals surface area (Å²) in [7, 11) is 0. The van der Waals surface area contributed by atoms with Gasteiger partial charge in [0.1, 0.15) is 5.67 Å². The highest BCUT2D eigenvalue weighted by molar-refractivity contribution is 6.33. The summed E-state index contributed by atoms with van der Waals surface area (Å²) >= 11 is 6.08. The molecule has 0 aliphatic heterocycles. The van der Waals surface area contributed by atoms with Crippen molar-refractivity contribution in [1.29, 1.82) is 0 Å². The van der Waals surface area contributed by atoms with Crippen molar-refractivity contribution in [3.63, 3.8) is 0 Å². The molecule has 0 spiro atoms. The van der Waals surface area contributed by atoms with E-state index >= 15 is 0 Å². The molecule has 90 valence electrons. The van der Waals surface area contributed by atoms with E-state index in [0.29, 0.717) is 21.9 Å². The second-order valence-corrected chi connectivity index (χ2v) is 4.69. The summed E-state index contributed by atoms with van der Waals surface area (Å²) < 4.78 is 18.7. The van der Waals surface area contributed by atoms with Gasteiger partial charge in [0.2, 0.25) is 0 Å². The van der Waals surface area contributed by atoms with Crippen molar-refractivity contribution < 1.29 is 8.91 Å². The zero-order chi connectivity index (χ0) is 12.6. The molecule has 3 nitrogen and oxygen atoms in total. The van der Waals surface area contributed by atoms with Gasteiger partial charge in [0, 0.05) is 11.6 Å². The fourth-order valence-electron chi connectivity index (χ4n) is 1.50. The molecule has 0 unspecified atom stereocenters. The summed E-state index contributed by atoms with van der Waals surface area (Å²) in [4.78, 5) is 0. The molecule has 1 aromatic carbocycles. The molecule has 2 N–H and O–H groups in total. The van der Waals surface area contributed by atoms with E-state index in [9.17, 15) is 4.39 Å². The largest absolute Gasteiger partial charge is 0.381 e. The summed E-state index contributed by atoms with van der Waals surface area (Å²) in [5.41, 5.74) is 5.18. The number of anilines is 1. The lowest BCUT2D eigenvalue weighted by atomic mass is 9.98. The van der Waals surface area contributed by atoms with Gasteiger partial charge < -0.3 is 10.3 Å². The van der Waals surface area contributed by atoms with Crippen LogP contribution in [0.2, 0.25) is 5.02 Å². The van der Waals surface area contributed by atoms with Crippen molar-refractivity contribution in [1.82, 2.24) is 5.16 Å². The third kappa shape index (κ3) is 2.42. The Morgan fingerprint density at radius 1 is 1.35 bits per heavy atom. The molecule has 1 heterocycles. The number of hydrogen-bond acceptors (Lipinski definition) is 3. The van der Waals surface area contributed by atoms with Crippen molar-refractivity contribution >= 4 is 17.4 Å². The van der Waals surface area contributed by atoms with Crippen molar-refractivity contribution in [3.05, 3.63) is 34.9 Å². The van der Waals surface area contributed by atoms with Crippen LogP contribution in [0.3, 0.4) is 0 Å². The van der Waals surface area contributed by atoms with Crippen molar-refractivity contribution in [2.75, 3.05) is 5.73 Å². The second-order valence-electron chi connectivity index (χ2n) is 4.28. The van der Waals surface area contributed by atoms with Crippen LogP contribution in [0.1, 0.15) is 19.4 Å². The first-order chi connectivity index (χ1) is 7.88. The highest BCUT2D eigenvalue weighted by Gasteiger charge is 2.20. The van der Waals surface area contributed by atoms with Crippen LogP contribution < -0.4 is 5.73 Å². The molecule has 1 aromatic heterocycles. The molecule has 0 aliphatic rings. The minimum Gasteiger partial charge on any atom is -0.381 e. The van der Waals surface area contributed by atoms with Crippen LogP contribution in [0.15, 0.2) is 28.8 Å². The van der Waals surface area contributed by atoms with Gasteiger partial charge in [-0.25, -0.2) is 4.39 Å². The lowest BCUT2D eigenvalue weighted by molar-refractivity contribution is 0.221. The van der Waals surface area contributed by atoms with Crippen LogP contribution in [0, 0.1) is 0 Å². The maximum absolute atomic E-state index is 13.7. The number of nitrogen functional groups attached to an aromatic ring is 1. The minimum absolute atomic E-state index is 0.283. The molecule has 2 rings (SSSR count). The number of benzene rings is 1. The first-order valence-corrected chi connectivity index (χ1v) is 5.47. The van der Waals surface area contributed by atoms with E-state index in [1.54, 1.807) is 24.3 Å². The van der Waals surface area contributed by atoms with E-state index in [0.717, 1.165) is 0 Å². The first-order valence-electron chi connectivity index (χ1n) is 5.09. The number of hydrogen-bond donors (Lipinski definition) is 1. The van der Waals surface area contributed by atoms with Crippen LogP contribution in [-0.4, -0.2) is 5.16 Å². The topological polar surface area (TPSA) is 52.0 Å². The van der Waals surface area contributed by atoms with Gasteiger partial charge in [0.25, 0.3) is 0 Å². The SMILES string of the molecule is CC(C)(F)c1ccc(-c2cc(N)no2)c(Cl)c1. The van der Waals surface area contributed by atoms with Gasteiger partial charge in [-0.3, -0.25) is 0 Å². The maximum Gasteiger partial charge on any atom is 0.170 e. The highest BCUT2D eigenvalue weighted by atomic mass is 35.5. The Balaban J connectivity index is 2.45. The number of nitrogens with two attached hydrogens (primary N) is 1. The third-order valence-electron chi connectivity index (χ3n) is 2.45. The molecular formula is C12H12ClFN2O. The van der Waals surface area contributed by atoms with E-state index in [4.69, 9.17) is 21.9 Å². The number of aromatic nitrogens is 1. The van der Waals surface area contributed by atoms with Gasteiger partial charge in [-0.05, 0) is 31.5 Å². The van der Waals surface area contributed by atoms with Gasteiger partial charge in [-0.15, -0.1) is 0 Å². The quantitative estimate of drug-likeness (QED) is 0.887. The molecule has 0 saturated heterocycles. The smallest absolute Gasteiger partial charge is 0.170 e. The molecule has 0 radical (unpaired) electrons. The summed E-state index contributed by atoms with van der Waals surface area (Å²) in [6.07, 6.45) is 0. The van der Waals surface area contributed by atoms with Crippen LogP contribution in [0.4, 0.5) is 10.2 Å². The average Bonchev–Trinajstić information content (AvgIpc) is 2.63. The zero-order valence-corrected chi connectivity index (χ0v) is 10.3. The Hall–Kier alpha value is -1.55. The summed E-state index contributed by atoms with van der Waals surface area (Å²) in [5, 5.41) is 3.98. The Bertz CT molecular complexity index is 546. The molecule has 0 aliphatic carbocycles. The summed E-state index contributed by atoms with van der Waals surface area (Å²) in [6.45, 7) is 2.95. The average molecular weight is 255 g/mol. The molecule has 5 heteroatoms.